The number of fused-ring (bicyclic) bond motifs is 1. The topological polar surface area (TPSA) is 15.6 Å². The molecule has 2 aliphatic rings. The SMILES string of the molecule is CC(C)(C)N1CCC2C=NC=C2C1. The van der Waals surface area contributed by atoms with Crippen molar-refractivity contribution in [1.29, 1.82) is 0 Å². The molecule has 0 aliphatic carbocycles. The van der Waals surface area contributed by atoms with Crippen LogP contribution in [0.3, 0.4) is 0 Å². The third kappa shape index (κ3) is 1.68. The number of piperidine rings is 1. The average Bonchev–Trinajstić information content (AvgIpc) is 2.47. The van der Waals surface area contributed by atoms with Gasteiger partial charge in [0.05, 0.1) is 0 Å². The second kappa shape index (κ2) is 2.95. The first-order chi connectivity index (χ1) is 6.07. The maximum absolute atomic E-state index is 4.23. The molecule has 13 heavy (non-hydrogen) atoms. The zero-order chi connectivity index (χ0) is 9.47. The van der Waals surface area contributed by atoms with E-state index >= 15 is 0 Å². The van der Waals surface area contributed by atoms with Crippen molar-refractivity contribution < 1.29 is 0 Å². The molecule has 0 aromatic carbocycles. The zero-order valence-electron chi connectivity index (χ0n) is 8.75. The Labute approximate surface area is 80.3 Å². The van der Waals surface area contributed by atoms with E-state index in [1.807, 2.05) is 6.20 Å². The van der Waals surface area contributed by atoms with Gasteiger partial charge in [0.2, 0.25) is 0 Å². The van der Waals surface area contributed by atoms with E-state index in [0.29, 0.717) is 11.5 Å². The van der Waals surface area contributed by atoms with Crippen LogP contribution in [0.1, 0.15) is 27.2 Å². The highest BCUT2D eigenvalue weighted by Gasteiger charge is 2.30. The average molecular weight is 178 g/mol. The van der Waals surface area contributed by atoms with E-state index < -0.39 is 0 Å². The third-order valence-corrected chi connectivity index (χ3v) is 3.01. The third-order valence-electron chi connectivity index (χ3n) is 3.01. The summed E-state index contributed by atoms with van der Waals surface area (Å²) in [6, 6.07) is 0. The van der Waals surface area contributed by atoms with Crippen molar-refractivity contribution in [2.75, 3.05) is 13.1 Å². The van der Waals surface area contributed by atoms with Crippen LogP contribution in [-0.2, 0) is 0 Å². The van der Waals surface area contributed by atoms with Crippen molar-refractivity contribution in [1.82, 2.24) is 4.90 Å². The van der Waals surface area contributed by atoms with Crippen LogP contribution in [0.15, 0.2) is 16.8 Å². The smallest absolute Gasteiger partial charge is 0.0275 e. The molecule has 1 saturated heterocycles. The van der Waals surface area contributed by atoms with Gasteiger partial charge in [-0.2, -0.15) is 0 Å². The molecule has 1 fully saturated rings. The Morgan fingerprint density at radius 3 is 2.92 bits per heavy atom. The van der Waals surface area contributed by atoms with E-state index in [0.717, 1.165) is 6.54 Å². The maximum Gasteiger partial charge on any atom is 0.0275 e. The van der Waals surface area contributed by atoms with Gasteiger partial charge in [-0.1, -0.05) is 0 Å². The summed E-state index contributed by atoms with van der Waals surface area (Å²) in [6.07, 6.45) is 5.38. The molecule has 2 rings (SSSR count). The summed E-state index contributed by atoms with van der Waals surface area (Å²) in [5, 5.41) is 0. The number of hydrogen-bond donors (Lipinski definition) is 0. The largest absolute Gasteiger partial charge is 0.294 e. The van der Waals surface area contributed by atoms with Crippen molar-refractivity contribution in [3.05, 3.63) is 11.8 Å². The summed E-state index contributed by atoms with van der Waals surface area (Å²) in [4.78, 5) is 6.76. The first-order valence-corrected chi connectivity index (χ1v) is 5.04. The van der Waals surface area contributed by atoms with Crippen LogP contribution in [0, 0.1) is 5.92 Å². The van der Waals surface area contributed by atoms with E-state index in [9.17, 15) is 0 Å². The first kappa shape index (κ1) is 8.95. The minimum Gasteiger partial charge on any atom is -0.294 e. The molecule has 72 valence electrons. The number of likely N-dealkylation sites (tertiary alicyclic amines) is 1. The summed E-state index contributed by atoms with van der Waals surface area (Å²) in [5.74, 6) is 0.651. The van der Waals surface area contributed by atoms with Crippen molar-refractivity contribution in [2.45, 2.75) is 32.7 Å². The molecule has 2 heterocycles. The molecule has 1 unspecified atom stereocenters. The van der Waals surface area contributed by atoms with Gasteiger partial charge in [-0.3, -0.25) is 9.89 Å². The molecule has 1 atom stereocenters. The van der Waals surface area contributed by atoms with Gasteiger partial charge in [0.1, 0.15) is 0 Å². The van der Waals surface area contributed by atoms with Crippen LogP contribution in [0.25, 0.3) is 0 Å². The highest BCUT2D eigenvalue weighted by Crippen LogP contribution is 2.29. The Morgan fingerprint density at radius 1 is 1.46 bits per heavy atom. The van der Waals surface area contributed by atoms with E-state index in [1.165, 1.54) is 18.5 Å². The summed E-state index contributed by atoms with van der Waals surface area (Å²) in [6.45, 7) is 9.16. The lowest BCUT2D eigenvalue weighted by atomic mass is 9.91. The van der Waals surface area contributed by atoms with Gasteiger partial charge in [0.25, 0.3) is 0 Å². The Bertz CT molecular complexity index is 258. The van der Waals surface area contributed by atoms with Gasteiger partial charge < -0.3 is 0 Å². The molecule has 0 amide bonds. The number of hydrogen-bond acceptors (Lipinski definition) is 2. The fraction of sp³-hybridized carbons (Fsp3) is 0.727. The normalized spacial score (nSPS) is 28.8. The van der Waals surface area contributed by atoms with Crippen LogP contribution in [0.5, 0.6) is 0 Å². The van der Waals surface area contributed by atoms with Gasteiger partial charge in [-0.05, 0) is 39.3 Å². The molecule has 2 aliphatic heterocycles. The molecule has 0 spiro atoms. The molecule has 0 saturated carbocycles. The van der Waals surface area contributed by atoms with E-state index in [1.54, 1.807) is 0 Å². The van der Waals surface area contributed by atoms with E-state index in [2.05, 4.69) is 36.9 Å². The molecule has 0 N–H and O–H groups in total. The molecule has 0 radical (unpaired) electrons. The monoisotopic (exact) mass is 178 g/mol. The van der Waals surface area contributed by atoms with Crippen LogP contribution in [0.4, 0.5) is 0 Å². The summed E-state index contributed by atoms with van der Waals surface area (Å²) >= 11 is 0. The summed E-state index contributed by atoms with van der Waals surface area (Å²) in [5.41, 5.74) is 1.80. The predicted molar refractivity (Wildman–Crippen MR) is 56.0 cm³/mol. The standard InChI is InChI=1S/C11H18N2/c1-11(2,3)13-5-4-9-6-12-7-10(9)8-13/h6-7,9H,4-5,8H2,1-3H3. The fourth-order valence-electron chi connectivity index (χ4n) is 2.02. The predicted octanol–water partition coefficient (Wildman–Crippen LogP) is 2.08. The molecular formula is C11H18N2. The Balaban J connectivity index is 2.07. The maximum atomic E-state index is 4.23. The number of nitrogens with zero attached hydrogens (tertiary/aromatic N) is 2. The van der Waals surface area contributed by atoms with Crippen molar-refractivity contribution in [3.8, 4) is 0 Å². The quantitative estimate of drug-likeness (QED) is 0.554. The van der Waals surface area contributed by atoms with Crippen LogP contribution < -0.4 is 0 Å². The van der Waals surface area contributed by atoms with Crippen LogP contribution >= 0.6 is 0 Å². The highest BCUT2D eigenvalue weighted by molar-refractivity contribution is 5.69. The second-order valence-electron chi connectivity index (χ2n) is 4.99. The highest BCUT2D eigenvalue weighted by atomic mass is 15.2. The minimum atomic E-state index is 0.300. The number of aliphatic imine (C=N–C) groups is 1. The van der Waals surface area contributed by atoms with Gasteiger partial charge in [-0.15, -0.1) is 0 Å². The zero-order valence-corrected chi connectivity index (χ0v) is 8.75. The minimum absolute atomic E-state index is 0.300. The molecular weight excluding hydrogens is 160 g/mol. The Kier molecular flexibility index (Phi) is 2.03. The van der Waals surface area contributed by atoms with Crippen LogP contribution in [-0.4, -0.2) is 29.7 Å². The van der Waals surface area contributed by atoms with Gasteiger partial charge in [0.15, 0.2) is 0 Å². The van der Waals surface area contributed by atoms with Gasteiger partial charge in [0, 0.05) is 30.4 Å². The van der Waals surface area contributed by atoms with Gasteiger partial charge in [-0.25, -0.2) is 0 Å². The molecule has 0 aromatic heterocycles. The Hall–Kier alpha value is -0.630. The second-order valence-corrected chi connectivity index (χ2v) is 4.99. The van der Waals surface area contributed by atoms with Crippen molar-refractivity contribution in [3.63, 3.8) is 0 Å². The lowest BCUT2D eigenvalue weighted by molar-refractivity contribution is 0.127. The molecule has 2 heteroatoms. The van der Waals surface area contributed by atoms with Crippen molar-refractivity contribution >= 4 is 6.21 Å². The lowest BCUT2D eigenvalue weighted by Gasteiger charge is -2.40. The van der Waals surface area contributed by atoms with Gasteiger partial charge >= 0.3 is 0 Å². The lowest BCUT2D eigenvalue weighted by Crippen LogP contribution is -2.46. The summed E-state index contributed by atoms with van der Waals surface area (Å²) in [7, 11) is 0. The molecule has 0 aromatic rings. The fourth-order valence-corrected chi connectivity index (χ4v) is 2.02. The van der Waals surface area contributed by atoms with Crippen LogP contribution in [0.2, 0.25) is 0 Å². The van der Waals surface area contributed by atoms with E-state index in [-0.39, 0.29) is 0 Å². The summed E-state index contributed by atoms with van der Waals surface area (Å²) < 4.78 is 0. The van der Waals surface area contributed by atoms with Crippen molar-refractivity contribution in [2.24, 2.45) is 10.9 Å². The van der Waals surface area contributed by atoms with E-state index in [4.69, 9.17) is 0 Å². The number of rotatable bonds is 0. The first-order valence-electron chi connectivity index (χ1n) is 5.04. The molecule has 0 bridgehead atoms. The molecule has 2 nitrogen and oxygen atoms in total. The Morgan fingerprint density at radius 2 is 2.23 bits per heavy atom.